The maximum absolute atomic E-state index is 11.4. The molecular weight excluding hydrogens is 431 g/mol. The predicted octanol–water partition coefficient (Wildman–Crippen LogP) is 6.43. The smallest absolute Gasteiger partial charge is 0.111 e. The molecule has 0 heterocycles. The Balaban J connectivity index is 0.000000180. The van der Waals surface area contributed by atoms with Crippen molar-refractivity contribution in [2.24, 2.45) is 0 Å². The van der Waals surface area contributed by atoms with Crippen molar-refractivity contribution < 1.29 is 5.11 Å². The fourth-order valence-electron chi connectivity index (χ4n) is 4.37. The maximum Gasteiger partial charge on any atom is 0.111 e. The van der Waals surface area contributed by atoms with Gasteiger partial charge in [0.2, 0.25) is 0 Å². The summed E-state index contributed by atoms with van der Waals surface area (Å²) in [5, 5.41) is 15.8. The van der Waals surface area contributed by atoms with E-state index < -0.39 is 7.26 Å². The Hall–Kier alpha value is -3.67. The molecule has 0 saturated carbocycles. The Kier molecular flexibility index (Phi) is 7.91. The Labute approximate surface area is 203 Å². The summed E-state index contributed by atoms with van der Waals surface area (Å²) in [6, 6.07) is 49.7. The minimum atomic E-state index is -1.53. The second kappa shape index (κ2) is 11.5. The van der Waals surface area contributed by atoms with Gasteiger partial charge >= 0.3 is 0 Å². The number of benzene rings is 5. The lowest BCUT2D eigenvalue weighted by Gasteiger charge is -2.26. The molecule has 5 rings (SSSR count). The van der Waals surface area contributed by atoms with E-state index in [0.717, 1.165) is 17.3 Å². The van der Waals surface area contributed by atoms with Crippen LogP contribution in [0.2, 0.25) is 0 Å². The zero-order valence-corrected chi connectivity index (χ0v) is 20.3. The van der Waals surface area contributed by atoms with E-state index in [9.17, 15) is 5.11 Å². The van der Waals surface area contributed by atoms with Gasteiger partial charge in [0.25, 0.3) is 0 Å². The third-order valence-electron chi connectivity index (χ3n) is 6.04. The number of hydrogen-bond donors (Lipinski definition) is 0. The summed E-state index contributed by atoms with van der Waals surface area (Å²) in [4.78, 5) is 0. The molecule has 2 heteroatoms. The third kappa shape index (κ3) is 5.11. The van der Waals surface area contributed by atoms with Gasteiger partial charge in [-0.3, -0.25) is 0 Å². The summed E-state index contributed by atoms with van der Waals surface area (Å²) >= 11 is 0. The molecular formula is C32H29OP. The predicted molar refractivity (Wildman–Crippen MR) is 147 cm³/mol. The second-order valence-electron chi connectivity index (χ2n) is 7.99. The van der Waals surface area contributed by atoms with Crippen LogP contribution in [0.4, 0.5) is 0 Å². The Bertz CT molecular complexity index is 1170. The number of hydrogen-bond acceptors (Lipinski definition) is 1. The van der Waals surface area contributed by atoms with Crippen LogP contribution >= 0.6 is 7.26 Å². The van der Waals surface area contributed by atoms with E-state index >= 15 is 0 Å². The highest BCUT2D eigenvalue weighted by Gasteiger charge is 2.43. The van der Waals surface area contributed by atoms with Crippen molar-refractivity contribution in [3.63, 3.8) is 0 Å². The standard InChI is InChI=1S/C20H20P.C12H10O/c1-2-21(18-12-6-3-7-13-18,19-14-8-4-9-15-19)20-16-10-5-11-17-20;13-12-9-5-4-8-11(12)10-6-2-1-3-7-10/h3-17H,2H2,1H3;1-9,13H/q+1;/p-1. The average molecular weight is 461 g/mol. The van der Waals surface area contributed by atoms with Crippen LogP contribution in [0.1, 0.15) is 6.92 Å². The van der Waals surface area contributed by atoms with Gasteiger partial charge in [-0.15, -0.1) is 5.75 Å². The van der Waals surface area contributed by atoms with Gasteiger partial charge in [0.1, 0.15) is 23.2 Å². The van der Waals surface area contributed by atoms with Gasteiger partial charge in [0, 0.05) is 0 Å². The second-order valence-corrected chi connectivity index (χ2v) is 11.8. The van der Waals surface area contributed by atoms with Crippen molar-refractivity contribution in [3.8, 4) is 16.9 Å². The monoisotopic (exact) mass is 460 g/mol. The largest absolute Gasteiger partial charge is 0.872 e. The number of rotatable bonds is 5. The lowest BCUT2D eigenvalue weighted by Crippen LogP contribution is -2.32. The van der Waals surface area contributed by atoms with Crippen LogP contribution in [0, 0.1) is 0 Å². The molecule has 0 aliphatic heterocycles. The summed E-state index contributed by atoms with van der Waals surface area (Å²) < 4.78 is 0. The van der Waals surface area contributed by atoms with E-state index in [1.165, 1.54) is 15.9 Å². The van der Waals surface area contributed by atoms with Crippen LogP contribution < -0.4 is 21.0 Å². The van der Waals surface area contributed by atoms with Crippen LogP contribution in [-0.2, 0) is 0 Å². The normalized spacial score (nSPS) is 10.7. The maximum atomic E-state index is 11.4. The van der Waals surface area contributed by atoms with Crippen LogP contribution in [0.3, 0.4) is 0 Å². The van der Waals surface area contributed by atoms with Gasteiger partial charge in [-0.1, -0.05) is 109 Å². The van der Waals surface area contributed by atoms with E-state index in [2.05, 4.69) is 97.9 Å². The molecule has 0 spiro atoms. The van der Waals surface area contributed by atoms with Gasteiger partial charge in [-0.05, 0) is 54.4 Å². The summed E-state index contributed by atoms with van der Waals surface area (Å²) in [6.07, 6.45) is 1.14. The quantitative estimate of drug-likeness (QED) is 0.277. The first-order valence-corrected chi connectivity index (χ1v) is 13.6. The lowest BCUT2D eigenvalue weighted by atomic mass is 10.1. The summed E-state index contributed by atoms with van der Waals surface area (Å²) in [6.45, 7) is 2.32. The molecule has 0 aliphatic carbocycles. The van der Waals surface area contributed by atoms with E-state index in [1.807, 2.05) is 42.5 Å². The molecule has 0 amide bonds. The Morgan fingerprint density at radius 1 is 0.471 bits per heavy atom. The molecule has 0 saturated heterocycles. The first-order chi connectivity index (χ1) is 16.8. The van der Waals surface area contributed by atoms with E-state index in [1.54, 1.807) is 12.1 Å². The summed E-state index contributed by atoms with van der Waals surface area (Å²) in [5.41, 5.74) is 1.75. The highest BCUT2D eigenvalue weighted by molar-refractivity contribution is 7.95. The molecule has 168 valence electrons. The zero-order chi connectivity index (χ0) is 23.6. The average Bonchev–Trinajstić information content (AvgIpc) is 2.93. The topological polar surface area (TPSA) is 23.1 Å². The minimum absolute atomic E-state index is 0.0775. The Morgan fingerprint density at radius 3 is 1.21 bits per heavy atom. The van der Waals surface area contributed by atoms with E-state index in [0.29, 0.717) is 0 Å². The zero-order valence-electron chi connectivity index (χ0n) is 19.4. The van der Waals surface area contributed by atoms with Crippen molar-refractivity contribution in [1.29, 1.82) is 0 Å². The molecule has 34 heavy (non-hydrogen) atoms. The Morgan fingerprint density at radius 2 is 0.824 bits per heavy atom. The van der Waals surface area contributed by atoms with Crippen LogP contribution in [0.25, 0.3) is 11.1 Å². The van der Waals surface area contributed by atoms with E-state index in [-0.39, 0.29) is 5.75 Å². The van der Waals surface area contributed by atoms with Crippen molar-refractivity contribution in [1.82, 2.24) is 0 Å². The summed E-state index contributed by atoms with van der Waals surface area (Å²) in [5.74, 6) is 0.0775. The molecule has 0 N–H and O–H groups in total. The molecule has 0 bridgehead atoms. The molecule has 1 nitrogen and oxygen atoms in total. The highest BCUT2D eigenvalue weighted by Crippen LogP contribution is 2.54. The van der Waals surface area contributed by atoms with Crippen molar-refractivity contribution >= 4 is 23.2 Å². The fourth-order valence-corrected chi connectivity index (χ4v) is 8.40. The highest BCUT2D eigenvalue weighted by atomic mass is 31.2. The van der Waals surface area contributed by atoms with Crippen molar-refractivity contribution in [3.05, 3.63) is 146 Å². The van der Waals surface area contributed by atoms with E-state index in [4.69, 9.17) is 0 Å². The molecule has 0 aliphatic rings. The van der Waals surface area contributed by atoms with Crippen molar-refractivity contribution in [2.75, 3.05) is 6.16 Å². The van der Waals surface area contributed by atoms with Crippen LogP contribution in [-0.4, -0.2) is 6.16 Å². The van der Waals surface area contributed by atoms with Gasteiger partial charge in [-0.25, -0.2) is 0 Å². The van der Waals surface area contributed by atoms with Gasteiger partial charge in [0.15, 0.2) is 0 Å². The number of para-hydroxylation sites is 1. The molecule has 5 aromatic carbocycles. The summed E-state index contributed by atoms with van der Waals surface area (Å²) in [7, 11) is -1.53. The SMILES string of the molecule is CC[P+](c1ccccc1)(c1ccccc1)c1ccccc1.[O-]c1ccccc1-c1ccccc1. The third-order valence-corrected chi connectivity index (χ3v) is 10.5. The molecule has 0 aromatic heterocycles. The minimum Gasteiger partial charge on any atom is -0.872 e. The van der Waals surface area contributed by atoms with Gasteiger partial charge < -0.3 is 5.11 Å². The first kappa shape index (κ1) is 23.5. The lowest BCUT2D eigenvalue weighted by molar-refractivity contribution is -0.267. The van der Waals surface area contributed by atoms with Crippen LogP contribution in [0.5, 0.6) is 5.75 Å². The molecule has 0 atom stereocenters. The fraction of sp³-hybridized carbons (Fsp3) is 0.0625. The molecule has 0 radical (unpaired) electrons. The van der Waals surface area contributed by atoms with Gasteiger partial charge in [0.05, 0.1) is 6.16 Å². The van der Waals surface area contributed by atoms with Gasteiger partial charge in [-0.2, -0.15) is 0 Å². The molecule has 0 fully saturated rings. The van der Waals surface area contributed by atoms with Crippen LogP contribution in [0.15, 0.2) is 146 Å². The van der Waals surface area contributed by atoms with Crippen molar-refractivity contribution in [2.45, 2.75) is 6.92 Å². The molecule has 5 aromatic rings. The first-order valence-electron chi connectivity index (χ1n) is 11.6. The molecule has 0 unspecified atom stereocenters.